The predicted octanol–water partition coefficient (Wildman–Crippen LogP) is 5.10. The summed E-state index contributed by atoms with van der Waals surface area (Å²) in [5.41, 5.74) is 4.32. The average Bonchev–Trinajstić information content (AvgIpc) is 2.58. The summed E-state index contributed by atoms with van der Waals surface area (Å²) in [7, 11) is 0. The Morgan fingerprint density at radius 1 is 0.931 bits per heavy atom. The number of allylic oxidation sites excluding steroid dienone is 4. The molecule has 0 atom stereocenters. The van der Waals surface area contributed by atoms with Crippen LogP contribution in [0.25, 0.3) is 0 Å². The minimum absolute atomic E-state index is 0.0982. The molecule has 1 N–H and O–H groups in total. The monoisotopic (exact) mass is 393 g/mol. The molecule has 0 saturated carbocycles. The van der Waals surface area contributed by atoms with Crippen molar-refractivity contribution in [3.8, 4) is 5.75 Å². The van der Waals surface area contributed by atoms with Crippen LogP contribution in [0, 0.1) is 10.8 Å². The molecule has 1 aliphatic heterocycles. The predicted molar refractivity (Wildman–Crippen MR) is 113 cm³/mol. The van der Waals surface area contributed by atoms with Gasteiger partial charge in [-0.15, -0.1) is 0 Å². The first-order valence-corrected chi connectivity index (χ1v) is 10.6. The van der Waals surface area contributed by atoms with Crippen LogP contribution in [0.2, 0.25) is 0 Å². The number of hydrogen-bond donors (Lipinski definition) is 1. The lowest BCUT2D eigenvalue weighted by molar-refractivity contribution is -0.119. The lowest BCUT2D eigenvalue weighted by atomic mass is 9.63. The van der Waals surface area contributed by atoms with Gasteiger partial charge in [0.25, 0.3) is 0 Å². The highest BCUT2D eigenvalue weighted by atomic mass is 16.3. The molecule has 0 radical (unpaired) electrons. The molecule has 3 aliphatic rings. The maximum absolute atomic E-state index is 13.4. The Kier molecular flexibility index (Phi) is 4.52. The van der Waals surface area contributed by atoms with Crippen molar-refractivity contribution in [1.82, 2.24) is 4.90 Å². The summed E-state index contributed by atoms with van der Waals surface area (Å²) in [5, 5.41) is 10.1. The Balaban J connectivity index is 2.00. The molecule has 0 fully saturated rings. The smallest absolute Gasteiger partial charge is 0.162 e. The molecule has 0 unspecified atom stereocenters. The quantitative estimate of drug-likeness (QED) is 0.760. The van der Waals surface area contributed by atoms with Crippen molar-refractivity contribution in [3.63, 3.8) is 0 Å². The van der Waals surface area contributed by atoms with Gasteiger partial charge >= 0.3 is 0 Å². The SMILES string of the molecule is CCN1C2=C(C(=O)CC(C)(C)C2)C(c2cccc(O)c2)C2=C1CC(C)(C)CC2=O. The van der Waals surface area contributed by atoms with Crippen molar-refractivity contribution in [3.05, 3.63) is 52.4 Å². The van der Waals surface area contributed by atoms with Crippen LogP contribution in [0.3, 0.4) is 0 Å². The van der Waals surface area contributed by atoms with Gasteiger partial charge < -0.3 is 10.0 Å². The van der Waals surface area contributed by atoms with Crippen LogP contribution in [0.4, 0.5) is 0 Å². The molecule has 0 bridgehead atoms. The van der Waals surface area contributed by atoms with Gasteiger partial charge in [0.05, 0.1) is 0 Å². The summed E-state index contributed by atoms with van der Waals surface area (Å²) in [4.78, 5) is 29.1. The van der Waals surface area contributed by atoms with Crippen molar-refractivity contribution in [1.29, 1.82) is 0 Å². The van der Waals surface area contributed by atoms with Crippen molar-refractivity contribution < 1.29 is 14.7 Å². The standard InChI is InChI=1S/C25H31NO3/c1-6-26-17-11-24(2,3)13-19(28)22(17)21(15-8-7-9-16(27)10-15)23-18(26)12-25(4,5)14-20(23)29/h7-10,21,27H,6,11-14H2,1-5H3. The van der Waals surface area contributed by atoms with Gasteiger partial charge in [-0.2, -0.15) is 0 Å². The molecule has 0 aromatic heterocycles. The second-order valence-electron chi connectivity index (χ2n) is 10.4. The first-order chi connectivity index (χ1) is 13.5. The summed E-state index contributed by atoms with van der Waals surface area (Å²) in [6.07, 6.45) is 2.62. The summed E-state index contributed by atoms with van der Waals surface area (Å²) < 4.78 is 0. The molecule has 0 saturated heterocycles. The van der Waals surface area contributed by atoms with Crippen LogP contribution in [0.5, 0.6) is 5.75 Å². The number of phenols is 1. The number of rotatable bonds is 2. The number of ketones is 2. The summed E-state index contributed by atoms with van der Waals surface area (Å²) in [6.45, 7) is 11.4. The molecule has 4 rings (SSSR count). The topological polar surface area (TPSA) is 57.6 Å². The molecule has 1 heterocycles. The molecule has 29 heavy (non-hydrogen) atoms. The van der Waals surface area contributed by atoms with Gasteiger partial charge in [-0.3, -0.25) is 9.59 Å². The van der Waals surface area contributed by atoms with E-state index in [9.17, 15) is 14.7 Å². The van der Waals surface area contributed by atoms with Gasteiger partial charge in [-0.25, -0.2) is 0 Å². The van der Waals surface area contributed by atoms with Crippen molar-refractivity contribution in [2.75, 3.05) is 6.54 Å². The fourth-order valence-corrected chi connectivity index (χ4v) is 5.47. The van der Waals surface area contributed by atoms with E-state index >= 15 is 0 Å². The Bertz CT molecular complexity index is 910. The molecular formula is C25H31NO3. The molecular weight excluding hydrogens is 362 g/mol. The van der Waals surface area contributed by atoms with E-state index in [0.29, 0.717) is 12.8 Å². The van der Waals surface area contributed by atoms with E-state index in [1.54, 1.807) is 18.2 Å². The summed E-state index contributed by atoms with van der Waals surface area (Å²) in [5.74, 6) is 0.0541. The average molecular weight is 394 g/mol. The third kappa shape index (κ3) is 3.33. The number of aromatic hydroxyl groups is 1. The minimum atomic E-state index is -0.373. The van der Waals surface area contributed by atoms with E-state index in [2.05, 4.69) is 39.5 Å². The Hall–Kier alpha value is -2.36. The maximum Gasteiger partial charge on any atom is 0.162 e. The molecule has 0 amide bonds. The normalized spacial score (nSPS) is 24.0. The number of nitrogens with zero attached hydrogens (tertiary/aromatic N) is 1. The minimum Gasteiger partial charge on any atom is -0.508 e. The second-order valence-corrected chi connectivity index (χ2v) is 10.4. The molecule has 4 nitrogen and oxygen atoms in total. The van der Waals surface area contributed by atoms with Crippen molar-refractivity contribution in [2.45, 2.75) is 66.2 Å². The fourth-order valence-electron chi connectivity index (χ4n) is 5.47. The lowest BCUT2D eigenvalue weighted by Gasteiger charge is -2.48. The molecule has 0 spiro atoms. The van der Waals surface area contributed by atoms with Crippen LogP contribution >= 0.6 is 0 Å². The van der Waals surface area contributed by atoms with Gasteiger partial charge in [0, 0.05) is 47.8 Å². The van der Waals surface area contributed by atoms with E-state index < -0.39 is 0 Å². The zero-order valence-electron chi connectivity index (χ0n) is 18.1. The van der Waals surface area contributed by atoms with Gasteiger partial charge in [0.1, 0.15) is 5.75 Å². The summed E-state index contributed by atoms with van der Waals surface area (Å²) >= 11 is 0. The van der Waals surface area contributed by atoms with Crippen LogP contribution in [0.1, 0.15) is 71.8 Å². The van der Waals surface area contributed by atoms with Crippen LogP contribution in [-0.2, 0) is 9.59 Å². The van der Waals surface area contributed by atoms with Gasteiger partial charge in [-0.1, -0.05) is 39.8 Å². The van der Waals surface area contributed by atoms with E-state index in [1.807, 2.05) is 6.07 Å². The molecule has 1 aromatic carbocycles. The van der Waals surface area contributed by atoms with E-state index in [0.717, 1.165) is 47.5 Å². The fraction of sp³-hybridized carbons (Fsp3) is 0.520. The second kappa shape index (κ2) is 6.58. The summed E-state index contributed by atoms with van der Waals surface area (Å²) in [6, 6.07) is 7.07. The highest BCUT2D eigenvalue weighted by Gasteiger charge is 2.48. The van der Waals surface area contributed by atoms with Gasteiger partial charge in [0.15, 0.2) is 11.6 Å². The molecule has 2 aliphatic carbocycles. The van der Waals surface area contributed by atoms with Gasteiger partial charge in [0.2, 0.25) is 0 Å². The van der Waals surface area contributed by atoms with E-state index in [4.69, 9.17) is 0 Å². The number of carbonyl (C=O) groups excluding carboxylic acids is 2. The van der Waals surface area contributed by atoms with Crippen molar-refractivity contribution >= 4 is 11.6 Å². The largest absolute Gasteiger partial charge is 0.508 e. The highest BCUT2D eigenvalue weighted by Crippen LogP contribution is 2.54. The molecule has 4 heteroatoms. The van der Waals surface area contributed by atoms with Crippen LogP contribution in [-0.4, -0.2) is 28.1 Å². The Morgan fingerprint density at radius 3 is 1.90 bits per heavy atom. The van der Waals surface area contributed by atoms with E-state index in [1.165, 1.54) is 0 Å². The lowest BCUT2D eigenvalue weighted by Crippen LogP contribution is -2.44. The van der Waals surface area contributed by atoms with Crippen LogP contribution in [0.15, 0.2) is 46.8 Å². The Morgan fingerprint density at radius 2 is 1.45 bits per heavy atom. The first-order valence-electron chi connectivity index (χ1n) is 10.6. The third-order valence-electron chi connectivity index (χ3n) is 6.54. The molecule has 154 valence electrons. The van der Waals surface area contributed by atoms with Crippen molar-refractivity contribution in [2.24, 2.45) is 10.8 Å². The zero-order chi connectivity index (χ0) is 21.1. The number of hydrogen-bond acceptors (Lipinski definition) is 4. The maximum atomic E-state index is 13.4. The number of phenolic OH excluding ortho intramolecular Hbond substituents is 1. The number of benzene rings is 1. The van der Waals surface area contributed by atoms with Crippen LogP contribution < -0.4 is 0 Å². The third-order valence-corrected chi connectivity index (χ3v) is 6.54. The Labute approximate surface area is 173 Å². The van der Waals surface area contributed by atoms with Gasteiger partial charge in [-0.05, 0) is 48.3 Å². The number of carbonyl (C=O) groups is 2. The number of Topliss-reactive ketones (excluding diaryl/α,β-unsaturated/α-hetero) is 2. The zero-order valence-corrected chi connectivity index (χ0v) is 18.1. The highest BCUT2D eigenvalue weighted by molar-refractivity contribution is 6.06. The molecule has 1 aromatic rings. The van der Waals surface area contributed by atoms with E-state index in [-0.39, 0.29) is 34.1 Å². The first kappa shape index (κ1) is 19.9.